The minimum atomic E-state index is -3.86. The van der Waals surface area contributed by atoms with E-state index in [0.717, 1.165) is 0 Å². The van der Waals surface area contributed by atoms with Crippen molar-refractivity contribution in [2.24, 2.45) is 0 Å². The Bertz CT molecular complexity index is 1190. The third-order valence-corrected chi connectivity index (χ3v) is 7.87. The number of benzene rings is 1. The summed E-state index contributed by atoms with van der Waals surface area (Å²) >= 11 is 0. The van der Waals surface area contributed by atoms with Gasteiger partial charge in [0.15, 0.2) is 0 Å². The van der Waals surface area contributed by atoms with Crippen LogP contribution in [-0.2, 0) is 16.8 Å². The third-order valence-electron chi connectivity index (χ3n) is 6.02. The molecule has 3 heterocycles. The molecule has 9 nitrogen and oxygen atoms in total. The van der Waals surface area contributed by atoms with Crippen LogP contribution in [-0.4, -0.2) is 65.0 Å². The van der Waals surface area contributed by atoms with E-state index in [2.05, 4.69) is 20.1 Å². The number of pyridine rings is 1. The Hall–Kier alpha value is -2.96. The summed E-state index contributed by atoms with van der Waals surface area (Å²) in [5.74, 6) is -0.775. The van der Waals surface area contributed by atoms with E-state index in [-0.39, 0.29) is 24.5 Å². The van der Waals surface area contributed by atoms with Crippen molar-refractivity contribution < 1.29 is 21.6 Å². The van der Waals surface area contributed by atoms with E-state index < -0.39 is 22.5 Å². The molecule has 1 aliphatic rings. The van der Waals surface area contributed by atoms with Crippen molar-refractivity contribution in [1.82, 2.24) is 24.4 Å². The summed E-state index contributed by atoms with van der Waals surface area (Å²) in [5, 5.41) is 6.98. The highest BCUT2D eigenvalue weighted by molar-refractivity contribution is 7.90. The molecule has 2 atom stereocenters. The van der Waals surface area contributed by atoms with Crippen LogP contribution < -0.4 is 4.31 Å². The number of anilines is 1. The Morgan fingerprint density at radius 3 is 2.35 bits per heavy atom. The molecule has 0 aliphatic carbocycles. The van der Waals surface area contributed by atoms with Gasteiger partial charge in [0.05, 0.1) is 18.4 Å². The lowest BCUT2D eigenvalue weighted by Gasteiger charge is -2.43. The SMILES string of the molecule is CC1CN(S(=O)(=O)N(Cc2ccc(-c3nnc(C(F)F)o3)cc2)c2cccnc2)CC(C)N1C. The van der Waals surface area contributed by atoms with Crippen LogP contribution >= 0.6 is 0 Å². The van der Waals surface area contributed by atoms with Crippen molar-refractivity contribution in [1.29, 1.82) is 0 Å². The van der Waals surface area contributed by atoms with E-state index in [0.29, 0.717) is 29.9 Å². The van der Waals surface area contributed by atoms with E-state index >= 15 is 0 Å². The first-order valence-electron chi connectivity index (χ1n) is 10.8. The third kappa shape index (κ3) is 4.93. The highest BCUT2D eigenvalue weighted by Gasteiger charge is 2.37. The van der Waals surface area contributed by atoms with Crippen molar-refractivity contribution in [2.45, 2.75) is 38.9 Å². The lowest BCUT2D eigenvalue weighted by atomic mass is 10.1. The van der Waals surface area contributed by atoms with Crippen LogP contribution in [0.5, 0.6) is 0 Å². The van der Waals surface area contributed by atoms with Gasteiger partial charge in [-0.1, -0.05) is 12.1 Å². The first kappa shape index (κ1) is 24.2. The minimum absolute atomic E-state index is 0.0287. The van der Waals surface area contributed by atoms with E-state index in [1.54, 1.807) is 42.6 Å². The van der Waals surface area contributed by atoms with Gasteiger partial charge in [-0.3, -0.25) is 14.2 Å². The van der Waals surface area contributed by atoms with Crippen molar-refractivity contribution in [3.05, 3.63) is 60.2 Å². The molecule has 0 amide bonds. The van der Waals surface area contributed by atoms with Gasteiger partial charge in [0.25, 0.3) is 5.89 Å². The van der Waals surface area contributed by atoms with Crippen molar-refractivity contribution >= 4 is 15.9 Å². The molecular weight excluding hydrogens is 466 g/mol. The van der Waals surface area contributed by atoms with Crippen molar-refractivity contribution in [3.63, 3.8) is 0 Å². The van der Waals surface area contributed by atoms with Gasteiger partial charge < -0.3 is 4.42 Å². The Kier molecular flexibility index (Phi) is 6.91. The fourth-order valence-corrected chi connectivity index (χ4v) is 5.62. The topological polar surface area (TPSA) is 95.7 Å². The second kappa shape index (κ2) is 9.72. The first-order chi connectivity index (χ1) is 16.2. The molecular formula is C22H26F2N6O3S. The van der Waals surface area contributed by atoms with Crippen LogP contribution in [0.25, 0.3) is 11.5 Å². The fourth-order valence-electron chi connectivity index (χ4n) is 3.85. The van der Waals surface area contributed by atoms with E-state index in [4.69, 9.17) is 4.42 Å². The lowest BCUT2D eigenvalue weighted by molar-refractivity contribution is 0.105. The number of hydrogen-bond donors (Lipinski definition) is 0. The predicted octanol–water partition coefficient (Wildman–Crippen LogP) is 3.35. The average Bonchev–Trinajstić information content (AvgIpc) is 3.32. The molecule has 0 N–H and O–H groups in total. The highest BCUT2D eigenvalue weighted by Crippen LogP contribution is 2.27. The molecule has 4 rings (SSSR count). The van der Waals surface area contributed by atoms with Gasteiger partial charge in [0, 0.05) is 36.9 Å². The number of rotatable bonds is 7. The van der Waals surface area contributed by atoms with Gasteiger partial charge in [-0.05, 0) is 50.7 Å². The number of alkyl halides is 2. The monoisotopic (exact) mass is 492 g/mol. The molecule has 2 unspecified atom stereocenters. The van der Waals surface area contributed by atoms with Crippen LogP contribution in [0.15, 0.2) is 53.2 Å². The Labute approximate surface area is 197 Å². The molecule has 12 heteroatoms. The van der Waals surface area contributed by atoms with Crippen molar-refractivity contribution in [3.8, 4) is 11.5 Å². The Balaban J connectivity index is 1.61. The largest absolute Gasteiger partial charge is 0.415 e. The molecule has 2 aromatic heterocycles. The van der Waals surface area contributed by atoms with Crippen LogP contribution in [0, 0.1) is 0 Å². The normalized spacial score (nSPS) is 20.1. The quantitative estimate of drug-likeness (QED) is 0.499. The van der Waals surface area contributed by atoms with E-state index in [9.17, 15) is 17.2 Å². The summed E-state index contributed by atoms with van der Waals surface area (Å²) in [5.41, 5.74) is 1.60. The number of halogens is 2. The van der Waals surface area contributed by atoms with Gasteiger partial charge >= 0.3 is 16.6 Å². The number of piperazine rings is 1. The summed E-state index contributed by atoms with van der Waals surface area (Å²) in [6, 6.07) is 10.2. The van der Waals surface area contributed by atoms with Crippen LogP contribution in [0.2, 0.25) is 0 Å². The van der Waals surface area contributed by atoms with Crippen molar-refractivity contribution in [2.75, 3.05) is 24.4 Å². The zero-order valence-corrected chi connectivity index (χ0v) is 19.9. The molecule has 0 bridgehead atoms. The Morgan fingerprint density at radius 1 is 1.12 bits per heavy atom. The Morgan fingerprint density at radius 2 is 1.79 bits per heavy atom. The summed E-state index contributed by atoms with van der Waals surface area (Å²) in [6.07, 6.45) is 0.249. The number of likely N-dealkylation sites (N-methyl/N-ethyl adjacent to an activating group) is 1. The first-order valence-corrected chi connectivity index (χ1v) is 12.2. The minimum Gasteiger partial charge on any atom is -0.415 e. The van der Waals surface area contributed by atoms with Gasteiger partial charge in [0.1, 0.15) is 0 Å². The molecule has 1 fully saturated rings. The second-order valence-electron chi connectivity index (χ2n) is 8.35. The molecule has 3 aromatic rings. The van der Waals surface area contributed by atoms with Crippen LogP contribution in [0.3, 0.4) is 0 Å². The van der Waals surface area contributed by atoms with Gasteiger partial charge in [-0.15, -0.1) is 10.2 Å². The smallest absolute Gasteiger partial charge is 0.314 e. The summed E-state index contributed by atoms with van der Waals surface area (Å²) in [6.45, 7) is 4.82. The molecule has 182 valence electrons. The summed E-state index contributed by atoms with van der Waals surface area (Å²) in [4.78, 5) is 6.26. The maximum Gasteiger partial charge on any atom is 0.314 e. The predicted molar refractivity (Wildman–Crippen MR) is 122 cm³/mol. The molecule has 0 radical (unpaired) electrons. The van der Waals surface area contributed by atoms with Gasteiger partial charge in [-0.25, -0.2) is 0 Å². The lowest BCUT2D eigenvalue weighted by Crippen LogP contribution is -2.59. The van der Waals surface area contributed by atoms with Gasteiger partial charge in [-0.2, -0.15) is 21.5 Å². The standard InChI is InChI=1S/C22H26F2N6O3S/c1-15-12-29(13-16(2)28(15)3)34(31,32)30(19-5-4-10-25-11-19)14-17-6-8-18(9-7-17)21-26-27-22(33-21)20(23)24/h4-11,15-16,20H,12-14H2,1-3H3. The maximum atomic E-state index is 13.7. The molecule has 34 heavy (non-hydrogen) atoms. The number of nitrogens with zero attached hydrogens (tertiary/aromatic N) is 6. The molecule has 0 spiro atoms. The van der Waals surface area contributed by atoms with Crippen LogP contribution in [0.4, 0.5) is 14.5 Å². The molecule has 1 aliphatic heterocycles. The molecule has 1 saturated heterocycles. The van der Waals surface area contributed by atoms with E-state index in [1.165, 1.54) is 14.8 Å². The second-order valence-corrected chi connectivity index (χ2v) is 10.2. The molecule has 0 saturated carbocycles. The number of aromatic nitrogens is 3. The van der Waals surface area contributed by atoms with E-state index in [1.807, 2.05) is 20.9 Å². The molecule has 1 aromatic carbocycles. The maximum absolute atomic E-state index is 13.7. The number of hydrogen-bond acceptors (Lipinski definition) is 7. The van der Waals surface area contributed by atoms with Gasteiger partial charge in [0.2, 0.25) is 5.89 Å². The zero-order valence-electron chi connectivity index (χ0n) is 19.0. The summed E-state index contributed by atoms with van der Waals surface area (Å²) in [7, 11) is -1.86. The zero-order chi connectivity index (χ0) is 24.5. The summed E-state index contributed by atoms with van der Waals surface area (Å²) < 4.78 is 60.8. The van der Waals surface area contributed by atoms with Crippen LogP contribution in [0.1, 0.15) is 31.7 Å². The fraction of sp³-hybridized carbons (Fsp3) is 0.409. The average molecular weight is 493 g/mol. The highest BCUT2D eigenvalue weighted by atomic mass is 32.2.